The molecule has 0 bridgehead atoms. The molecule has 1 unspecified atom stereocenters. The summed E-state index contributed by atoms with van der Waals surface area (Å²) in [5, 5.41) is 12.2. The van der Waals surface area contributed by atoms with Gasteiger partial charge in [-0.3, -0.25) is 4.79 Å². The van der Waals surface area contributed by atoms with Gasteiger partial charge in [-0.1, -0.05) is 26.0 Å². The van der Waals surface area contributed by atoms with Crippen LogP contribution in [0.25, 0.3) is 0 Å². The first-order chi connectivity index (χ1) is 7.99. The average Bonchev–Trinajstić information content (AvgIpc) is 2.27. The molecule has 1 aromatic carbocycles. The second-order valence-electron chi connectivity index (χ2n) is 4.78. The van der Waals surface area contributed by atoms with Crippen LogP contribution >= 0.6 is 0 Å². The fourth-order valence-electron chi connectivity index (χ4n) is 1.49. The van der Waals surface area contributed by atoms with Crippen LogP contribution in [-0.4, -0.2) is 11.0 Å². The van der Waals surface area contributed by atoms with Crippen LogP contribution < -0.4 is 5.32 Å². The highest BCUT2D eigenvalue weighted by Gasteiger charge is 2.05. The molecular weight excluding hydrogens is 214 g/mol. The van der Waals surface area contributed by atoms with E-state index in [1.54, 1.807) is 6.92 Å². The van der Waals surface area contributed by atoms with Crippen LogP contribution in [0.3, 0.4) is 0 Å². The standard InChI is InChI=1S/C14H21NO2/c1-10(2)4-9-14(17)15-13-7-5-12(6-8-13)11(3)16/h5-8,10-11,16H,4,9H2,1-3H3,(H,15,17). The van der Waals surface area contributed by atoms with Crippen molar-refractivity contribution in [2.45, 2.75) is 39.7 Å². The summed E-state index contributed by atoms with van der Waals surface area (Å²) in [5.41, 5.74) is 1.63. The first kappa shape index (κ1) is 13.7. The lowest BCUT2D eigenvalue weighted by Crippen LogP contribution is -2.12. The van der Waals surface area contributed by atoms with Crippen molar-refractivity contribution in [2.24, 2.45) is 5.92 Å². The van der Waals surface area contributed by atoms with Crippen molar-refractivity contribution in [2.75, 3.05) is 5.32 Å². The quantitative estimate of drug-likeness (QED) is 0.823. The van der Waals surface area contributed by atoms with Gasteiger partial charge in [-0.2, -0.15) is 0 Å². The topological polar surface area (TPSA) is 49.3 Å². The van der Waals surface area contributed by atoms with Crippen molar-refractivity contribution in [1.29, 1.82) is 0 Å². The highest BCUT2D eigenvalue weighted by Crippen LogP contribution is 2.16. The minimum absolute atomic E-state index is 0.0449. The molecule has 1 aromatic rings. The normalized spacial score (nSPS) is 12.5. The number of amides is 1. The maximum absolute atomic E-state index is 11.6. The maximum atomic E-state index is 11.6. The largest absolute Gasteiger partial charge is 0.389 e. The first-order valence-electron chi connectivity index (χ1n) is 6.07. The predicted molar refractivity (Wildman–Crippen MR) is 69.8 cm³/mol. The number of carbonyl (C=O) groups is 1. The first-order valence-corrected chi connectivity index (χ1v) is 6.07. The Kier molecular flexibility index (Phi) is 5.16. The van der Waals surface area contributed by atoms with E-state index in [9.17, 15) is 9.90 Å². The minimum atomic E-state index is -0.472. The van der Waals surface area contributed by atoms with Gasteiger partial charge in [0.15, 0.2) is 0 Å². The Bertz CT molecular complexity index is 355. The molecule has 0 aromatic heterocycles. The van der Waals surface area contributed by atoms with E-state index in [1.807, 2.05) is 24.3 Å². The molecule has 0 aliphatic rings. The number of rotatable bonds is 5. The van der Waals surface area contributed by atoms with Gasteiger partial charge in [0.1, 0.15) is 0 Å². The molecule has 1 amide bonds. The lowest BCUT2D eigenvalue weighted by molar-refractivity contribution is -0.116. The maximum Gasteiger partial charge on any atom is 0.224 e. The zero-order valence-electron chi connectivity index (χ0n) is 10.7. The van der Waals surface area contributed by atoms with Gasteiger partial charge in [0.05, 0.1) is 6.10 Å². The molecular formula is C14H21NO2. The van der Waals surface area contributed by atoms with Crippen molar-refractivity contribution in [3.05, 3.63) is 29.8 Å². The summed E-state index contributed by atoms with van der Waals surface area (Å²) in [6.07, 6.45) is 0.980. The van der Waals surface area contributed by atoms with Crippen molar-refractivity contribution in [3.63, 3.8) is 0 Å². The molecule has 0 aliphatic carbocycles. The molecule has 0 spiro atoms. The Morgan fingerprint density at radius 2 is 1.82 bits per heavy atom. The van der Waals surface area contributed by atoms with Gasteiger partial charge in [0, 0.05) is 12.1 Å². The molecule has 2 N–H and O–H groups in total. The van der Waals surface area contributed by atoms with Crippen LogP contribution in [0.4, 0.5) is 5.69 Å². The highest BCUT2D eigenvalue weighted by molar-refractivity contribution is 5.90. The van der Waals surface area contributed by atoms with Gasteiger partial charge in [0.2, 0.25) is 5.91 Å². The van der Waals surface area contributed by atoms with E-state index < -0.39 is 6.10 Å². The summed E-state index contributed by atoms with van der Waals surface area (Å²) in [5.74, 6) is 0.585. The molecule has 17 heavy (non-hydrogen) atoms. The highest BCUT2D eigenvalue weighted by atomic mass is 16.3. The number of carbonyl (C=O) groups excluding carboxylic acids is 1. The third-order valence-electron chi connectivity index (χ3n) is 2.63. The Balaban J connectivity index is 2.48. The second kappa shape index (κ2) is 6.40. The minimum Gasteiger partial charge on any atom is -0.389 e. The summed E-state index contributed by atoms with van der Waals surface area (Å²) in [6, 6.07) is 7.27. The average molecular weight is 235 g/mol. The smallest absolute Gasteiger partial charge is 0.224 e. The molecule has 94 valence electrons. The van der Waals surface area contributed by atoms with Crippen molar-refractivity contribution >= 4 is 11.6 Å². The van der Waals surface area contributed by atoms with E-state index in [-0.39, 0.29) is 5.91 Å². The van der Waals surface area contributed by atoms with Crippen LogP contribution in [-0.2, 0) is 4.79 Å². The lowest BCUT2D eigenvalue weighted by Gasteiger charge is -2.08. The van der Waals surface area contributed by atoms with Gasteiger partial charge in [-0.15, -0.1) is 0 Å². The van der Waals surface area contributed by atoms with Gasteiger partial charge in [-0.25, -0.2) is 0 Å². The zero-order chi connectivity index (χ0) is 12.8. The molecule has 0 heterocycles. The number of hydrogen-bond donors (Lipinski definition) is 2. The molecule has 0 saturated heterocycles. The SMILES string of the molecule is CC(C)CCC(=O)Nc1ccc(C(C)O)cc1. The predicted octanol–water partition coefficient (Wildman–Crippen LogP) is 3.11. The summed E-state index contributed by atoms with van der Waals surface area (Å²) >= 11 is 0. The monoisotopic (exact) mass is 235 g/mol. The van der Waals surface area contributed by atoms with Crippen LogP contribution in [0.15, 0.2) is 24.3 Å². The van der Waals surface area contributed by atoms with E-state index in [0.29, 0.717) is 12.3 Å². The van der Waals surface area contributed by atoms with Crippen LogP contribution in [0.5, 0.6) is 0 Å². The fraction of sp³-hybridized carbons (Fsp3) is 0.500. The Morgan fingerprint density at radius 3 is 2.29 bits per heavy atom. The molecule has 0 radical (unpaired) electrons. The lowest BCUT2D eigenvalue weighted by atomic mass is 10.1. The summed E-state index contributed by atoms with van der Waals surface area (Å²) in [4.78, 5) is 11.6. The number of aliphatic hydroxyl groups is 1. The third kappa shape index (κ3) is 5.00. The van der Waals surface area contributed by atoms with E-state index in [0.717, 1.165) is 17.7 Å². The number of hydrogen-bond acceptors (Lipinski definition) is 2. The zero-order valence-corrected chi connectivity index (χ0v) is 10.7. The van der Waals surface area contributed by atoms with Crippen LogP contribution in [0.2, 0.25) is 0 Å². The van der Waals surface area contributed by atoms with Crippen molar-refractivity contribution in [1.82, 2.24) is 0 Å². The fourth-order valence-corrected chi connectivity index (χ4v) is 1.49. The number of aliphatic hydroxyl groups excluding tert-OH is 1. The van der Waals surface area contributed by atoms with Gasteiger partial charge in [-0.05, 0) is 37.0 Å². The summed E-state index contributed by atoms with van der Waals surface area (Å²) < 4.78 is 0. The Morgan fingerprint density at radius 1 is 1.24 bits per heavy atom. The third-order valence-corrected chi connectivity index (χ3v) is 2.63. The van der Waals surface area contributed by atoms with Crippen molar-refractivity contribution in [3.8, 4) is 0 Å². The number of anilines is 1. The van der Waals surface area contributed by atoms with Crippen molar-refractivity contribution < 1.29 is 9.90 Å². The van der Waals surface area contributed by atoms with Crippen LogP contribution in [0, 0.1) is 5.92 Å². The molecule has 1 rings (SSSR count). The Hall–Kier alpha value is -1.35. The van der Waals surface area contributed by atoms with Gasteiger partial charge >= 0.3 is 0 Å². The van der Waals surface area contributed by atoms with Gasteiger partial charge < -0.3 is 10.4 Å². The molecule has 1 atom stereocenters. The molecule has 3 heteroatoms. The van der Waals surface area contributed by atoms with E-state index in [4.69, 9.17) is 0 Å². The van der Waals surface area contributed by atoms with E-state index >= 15 is 0 Å². The molecule has 0 saturated carbocycles. The number of nitrogens with one attached hydrogen (secondary N) is 1. The van der Waals surface area contributed by atoms with E-state index in [1.165, 1.54) is 0 Å². The second-order valence-corrected chi connectivity index (χ2v) is 4.78. The van der Waals surface area contributed by atoms with Gasteiger partial charge in [0.25, 0.3) is 0 Å². The summed E-state index contributed by atoms with van der Waals surface area (Å²) in [6.45, 7) is 5.92. The number of benzene rings is 1. The molecule has 0 aliphatic heterocycles. The Labute approximate surface area is 103 Å². The summed E-state index contributed by atoms with van der Waals surface area (Å²) in [7, 11) is 0. The van der Waals surface area contributed by atoms with Crippen LogP contribution in [0.1, 0.15) is 45.3 Å². The molecule has 0 fully saturated rings. The molecule has 3 nitrogen and oxygen atoms in total. The van der Waals surface area contributed by atoms with E-state index in [2.05, 4.69) is 19.2 Å².